The number of hydrogen-bond donors (Lipinski definition) is 1. The first-order valence-electron chi connectivity index (χ1n) is 11.3. The lowest BCUT2D eigenvalue weighted by molar-refractivity contribution is -0.212. The Morgan fingerprint density at radius 1 is 1.06 bits per heavy atom. The SMILES string of the molecule is CN(C(=O)OC(C)(C)C)C1CN(c2cc(NC(=O)OC(C)(C)C)nc(-c3cnn(C(F)(F)F)c3)c2)C1. The molecule has 0 spiro atoms. The third-order valence-electron chi connectivity index (χ3n) is 5.03. The number of hydrogen-bond acceptors (Lipinski definition) is 7. The van der Waals surface area contributed by atoms with E-state index in [1.807, 2.05) is 4.90 Å². The largest absolute Gasteiger partial charge is 0.504 e. The van der Waals surface area contributed by atoms with Gasteiger partial charge in [0.25, 0.3) is 0 Å². The Bertz CT molecular complexity index is 1110. The maximum Gasteiger partial charge on any atom is 0.504 e. The van der Waals surface area contributed by atoms with E-state index < -0.39 is 29.7 Å². The summed E-state index contributed by atoms with van der Waals surface area (Å²) in [6.45, 7) is 11.4. The average molecular weight is 513 g/mol. The van der Waals surface area contributed by atoms with E-state index in [1.165, 1.54) is 4.90 Å². The number of carbonyl (C=O) groups excluding carboxylic acids is 2. The van der Waals surface area contributed by atoms with Gasteiger partial charge in [-0.05, 0) is 47.6 Å². The van der Waals surface area contributed by atoms with Crippen LogP contribution in [0.5, 0.6) is 0 Å². The predicted molar refractivity (Wildman–Crippen MR) is 127 cm³/mol. The van der Waals surface area contributed by atoms with Gasteiger partial charge >= 0.3 is 18.5 Å². The molecule has 1 fully saturated rings. The number of nitrogens with zero attached hydrogens (tertiary/aromatic N) is 5. The van der Waals surface area contributed by atoms with E-state index in [0.717, 1.165) is 12.4 Å². The predicted octanol–water partition coefficient (Wildman–Crippen LogP) is 4.82. The van der Waals surface area contributed by atoms with Gasteiger partial charge in [-0.3, -0.25) is 5.32 Å². The number of pyridine rings is 1. The molecule has 10 nitrogen and oxygen atoms in total. The fourth-order valence-electron chi connectivity index (χ4n) is 3.31. The molecule has 0 bridgehead atoms. The monoisotopic (exact) mass is 512 g/mol. The van der Waals surface area contributed by atoms with E-state index in [0.29, 0.717) is 18.8 Å². The zero-order valence-electron chi connectivity index (χ0n) is 21.3. The molecule has 13 heteroatoms. The molecule has 198 valence electrons. The smallest absolute Gasteiger partial charge is 0.444 e. The van der Waals surface area contributed by atoms with Gasteiger partial charge in [0.2, 0.25) is 0 Å². The lowest BCUT2D eigenvalue weighted by atomic mass is 10.1. The van der Waals surface area contributed by atoms with Crippen molar-refractivity contribution >= 4 is 23.7 Å². The highest BCUT2D eigenvalue weighted by Gasteiger charge is 2.35. The van der Waals surface area contributed by atoms with Crippen LogP contribution in [0.3, 0.4) is 0 Å². The first-order valence-corrected chi connectivity index (χ1v) is 11.3. The van der Waals surface area contributed by atoms with Crippen LogP contribution in [0, 0.1) is 0 Å². The minimum absolute atomic E-state index is 0.0976. The third kappa shape index (κ3) is 7.01. The summed E-state index contributed by atoms with van der Waals surface area (Å²) in [4.78, 5) is 32.4. The van der Waals surface area contributed by atoms with Gasteiger partial charge in [0.15, 0.2) is 0 Å². The van der Waals surface area contributed by atoms with Crippen molar-refractivity contribution < 1.29 is 32.2 Å². The van der Waals surface area contributed by atoms with Crippen LogP contribution in [-0.4, -0.2) is 69.2 Å². The second kappa shape index (κ2) is 9.51. The molecule has 2 amide bonds. The van der Waals surface area contributed by atoms with Crippen LogP contribution in [0.25, 0.3) is 11.3 Å². The van der Waals surface area contributed by atoms with Crippen molar-refractivity contribution in [1.29, 1.82) is 0 Å². The van der Waals surface area contributed by atoms with Crippen LogP contribution in [0.2, 0.25) is 0 Å². The zero-order valence-corrected chi connectivity index (χ0v) is 21.3. The molecular weight excluding hydrogens is 481 g/mol. The first kappa shape index (κ1) is 27.1. The molecule has 2 aromatic heterocycles. The number of halogens is 3. The van der Waals surface area contributed by atoms with Gasteiger partial charge in [-0.2, -0.15) is 9.78 Å². The van der Waals surface area contributed by atoms with Gasteiger partial charge < -0.3 is 19.3 Å². The van der Waals surface area contributed by atoms with Crippen molar-refractivity contribution in [3.05, 3.63) is 24.5 Å². The summed E-state index contributed by atoms with van der Waals surface area (Å²) < 4.78 is 49.7. The molecule has 3 heterocycles. The molecule has 0 unspecified atom stereocenters. The van der Waals surface area contributed by atoms with E-state index in [9.17, 15) is 22.8 Å². The molecule has 1 saturated heterocycles. The Morgan fingerprint density at radius 3 is 2.19 bits per heavy atom. The average Bonchev–Trinajstić information content (AvgIpc) is 3.14. The maximum atomic E-state index is 13.0. The number of carbonyl (C=O) groups is 2. The number of likely N-dealkylation sites (N-methyl/N-ethyl adjacent to an activating group) is 1. The minimum Gasteiger partial charge on any atom is -0.444 e. The molecule has 0 radical (unpaired) electrons. The summed E-state index contributed by atoms with van der Waals surface area (Å²) in [5, 5.41) is 5.90. The molecule has 1 aliphatic heterocycles. The van der Waals surface area contributed by atoms with Crippen LogP contribution in [0.4, 0.5) is 34.3 Å². The summed E-state index contributed by atoms with van der Waals surface area (Å²) in [7, 11) is 1.65. The Balaban J connectivity index is 1.83. The van der Waals surface area contributed by atoms with Crippen molar-refractivity contribution in [2.75, 3.05) is 30.4 Å². The van der Waals surface area contributed by atoms with Gasteiger partial charge in [0.1, 0.15) is 17.0 Å². The number of ether oxygens (including phenoxy) is 2. The van der Waals surface area contributed by atoms with Crippen LogP contribution in [0.15, 0.2) is 24.5 Å². The van der Waals surface area contributed by atoms with Crippen molar-refractivity contribution in [2.24, 2.45) is 0 Å². The lowest BCUT2D eigenvalue weighted by Gasteiger charge is -2.45. The number of alkyl halides is 3. The highest BCUT2D eigenvalue weighted by Crippen LogP contribution is 2.32. The van der Waals surface area contributed by atoms with E-state index in [4.69, 9.17) is 9.47 Å². The van der Waals surface area contributed by atoms with E-state index in [2.05, 4.69) is 15.4 Å². The summed E-state index contributed by atoms with van der Waals surface area (Å²) in [6, 6.07) is 3.05. The second-order valence-corrected chi connectivity index (χ2v) is 10.5. The highest BCUT2D eigenvalue weighted by atomic mass is 19.4. The van der Waals surface area contributed by atoms with Crippen LogP contribution >= 0.6 is 0 Å². The van der Waals surface area contributed by atoms with Crippen molar-refractivity contribution in [1.82, 2.24) is 19.7 Å². The Morgan fingerprint density at radius 2 is 1.67 bits per heavy atom. The Hall–Kier alpha value is -3.51. The van der Waals surface area contributed by atoms with Crippen LogP contribution < -0.4 is 10.2 Å². The number of aromatic nitrogens is 3. The molecule has 3 rings (SSSR count). The van der Waals surface area contributed by atoms with Crippen LogP contribution in [-0.2, 0) is 15.8 Å². The fourth-order valence-corrected chi connectivity index (χ4v) is 3.31. The number of nitrogens with one attached hydrogen (secondary N) is 1. The molecule has 0 atom stereocenters. The van der Waals surface area contributed by atoms with Gasteiger partial charge in [0.05, 0.1) is 17.9 Å². The summed E-state index contributed by atoms with van der Waals surface area (Å²) in [5.74, 6) is 0.0976. The van der Waals surface area contributed by atoms with Crippen molar-refractivity contribution in [2.45, 2.75) is 65.1 Å². The van der Waals surface area contributed by atoms with Gasteiger partial charge in [-0.1, -0.05) is 0 Å². The van der Waals surface area contributed by atoms with Gasteiger partial charge in [0, 0.05) is 43.7 Å². The second-order valence-electron chi connectivity index (χ2n) is 10.5. The molecule has 0 saturated carbocycles. The normalized spacial score (nSPS) is 14.8. The number of amides is 2. The quantitative estimate of drug-likeness (QED) is 0.626. The summed E-state index contributed by atoms with van der Waals surface area (Å²) >= 11 is 0. The minimum atomic E-state index is -4.68. The Labute approximate surface area is 207 Å². The molecule has 36 heavy (non-hydrogen) atoms. The van der Waals surface area contributed by atoms with E-state index >= 15 is 0 Å². The zero-order chi connectivity index (χ0) is 27.1. The lowest BCUT2D eigenvalue weighted by Crippen LogP contribution is -2.60. The maximum absolute atomic E-state index is 13.0. The van der Waals surface area contributed by atoms with Crippen LogP contribution in [0.1, 0.15) is 41.5 Å². The van der Waals surface area contributed by atoms with Gasteiger partial charge in [-0.15, -0.1) is 13.2 Å². The number of rotatable bonds is 4. The molecule has 1 aliphatic rings. The molecule has 0 aliphatic carbocycles. The third-order valence-corrected chi connectivity index (χ3v) is 5.03. The highest BCUT2D eigenvalue weighted by molar-refractivity contribution is 5.85. The van der Waals surface area contributed by atoms with Crippen molar-refractivity contribution in [3.63, 3.8) is 0 Å². The topological polar surface area (TPSA) is 102 Å². The molecule has 0 aromatic carbocycles. The molecule has 1 N–H and O–H groups in total. The standard InChI is InChI=1S/C23H31F3N6O4/c1-21(2,3)35-19(33)29-18-9-15(8-17(28-18)14-10-27-32(11-14)23(24,25)26)31-12-16(13-31)30(7)20(34)36-22(4,5)6/h8-11,16H,12-13H2,1-7H3,(H,28,29,33). The summed E-state index contributed by atoms with van der Waals surface area (Å²) in [5.41, 5.74) is -0.491. The van der Waals surface area contributed by atoms with Gasteiger partial charge in [-0.25, -0.2) is 14.6 Å². The molecule has 2 aromatic rings. The Kier molecular flexibility index (Phi) is 7.15. The fraction of sp³-hybridized carbons (Fsp3) is 0.565. The van der Waals surface area contributed by atoms with E-state index in [-0.39, 0.29) is 27.8 Å². The first-order chi connectivity index (χ1) is 16.4. The van der Waals surface area contributed by atoms with E-state index in [1.54, 1.807) is 60.7 Å². The summed E-state index contributed by atoms with van der Waals surface area (Å²) in [6.07, 6.45) is -4.01. The van der Waals surface area contributed by atoms with Crippen molar-refractivity contribution in [3.8, 4) is 11.3 Å². The molecular formula is C23H31F3N6O4. The number of anilines is 2.